The Morgan fingerprint density at radius 2 is 2.22 bits per heavy atom. The number of urea groups is 1. The third kappa shape index (κ3) is 3.74. The normalized spacial score (nSPS) is 27.8. The molecule has 2 fully saturated rings. The molecule has 2 aromatic heterocycles. The molecule has 4 rings (SSSR count). The van der Waals surface area contributed by atoms with Gasteiger partial charge in [0.2, 0.25) is 0 Å². The van der Waals surface area contributed by atoms with Crippen LogP contribution in [-0.2, 0) is 9.47 Å². The van der Waals surface area contributed by atoms with E-state index in [9.17, 15) is 4.79 Å². The molecule has 5 atom stereocenters. The third-order valence-corrected chi connectivity index (χ3v) is 4.93. The van der Waals surface area contributed by atoms with E-state index >= 15 is 0 Å². The highest BCUT2D eigenvalue weighted by molar-refractivity contribution is 5.74. The van der Waals surface area contributed by atoms with Gasteiger partial charge in [0.25, 0.3) is 0 Å². The number of hydrogen-bond donors (Lipinski definition) is 3. The smallest absolute Gasteiger partial charge is 0.315 e. The molecule has 9 heteroatoms. The molecule has 2 aliphatic heterocycles. The highest BCUT2D eigenvalue weighted by Gasteiger charge is 2.49. The summed E-state index contributed by atoms with van der Waals surface area (Å²) in [5.74, 6) is 0.721. The van der Waals surface area contributed by atoms with Gasteiger partial charge >= 0.3 is 6.03 Å². The maximum atomic E-state index is 12.3. The van der Waals surface area contributed by atoms with Gasteiger partial charge in [0.05, 0.1) is 37.2 Å². The van der Waals surface area contributed by atoms with Crippen molar-refractivity contribution in [2.45, 2.75) is 44.2 Å². The van der Waals surface area contributed by atoms with E-state index in [0.29, 0.717) is 13.2 Å². The lowest BCUT2D eigenvalue weighted by Crippen LogP contribution is -2.48. The van der Waals surface area contributed by atoms with Crippen molar-refractivity contribution in [3.63, 3.8) is 0 Å². The molecule has 0 radical (unpaired) electrons. The van der Waals surface area contributed by atoms with Gasteiger partial charge in [-0.3, -0.25) is 10.1 Å². The number of hydrogen-bond acceptors (Lipinski definition) is 6. The minimum Gasteiger partial charge on any atom is -0.483 e. The minimum absolute atomic E-state index is 0.156. The van der Waals surface area contributed by atoms with Crippen LogP contribution in [0.2, 0.25) is 0 Å². The van der Waals surface area contributed by atoms with Gasteiger partial charge in [-0.2, -0.15) is 5.10 Å². The Morgan fingerprint density at radius 1 is 1.37 bits per heavy atom. The SMILES string of the molecule is Cc1ncccc1O[C@H]1CO[C@H]2[C@@H]1OC[C@@H]2NC(=O)NC(C)c1cn[nH]c1. The van der Waals surface area contributed by atoms with Gasteiger partial charge < -0.3 is 24.8 Å². The summed E-state index contributed by atoms with van der Waals surface area (Å²) in [6.07, 6.45) is 4.48. The predicted octanol–water partition coefficient (Wildman–Crippen LogP) is 1.09. The lowest BCUT2D eigenvalue weighted by Gasteiger charge is -2.20. The van der Waals surface area contributed by atoms with Gasteiger partial charge in [0.15, 0.2) is 6.10 Å². The van der Waals surface area contributed by atoms with Gasteiger partial charge in [-0.25, -0.2) is 4.79 Å². The number of aromatic nitrogens is 3. The summed E-state index contributed by atoms with van der Waals surface area (Å²) in [4.78, 5) is 16.5. The Bertz CT molecular complexity index is 784. The zero-order valence-corrected chi connectivity index (χ0v) is 15.2. The first-order valence-corrected chi connectivity index (χ1v) is 8.99. The summed E-state index contributed by atoms with van der Waals surface area (Å²) in [5, 5.41) is 12.5. The fraction of sp³-hybridized carbons (Fsp3) is 0.500. The Hall–Kier alpha value is -2.65. The first kappa shape index (κ1) is 17.7. The highest BCUT2D eigenvalue weighted by Crippen LogP contribution is 2.30. The van der Waals surface area contributed by atoms with Crippen LogP contribution in [0.3, 0.4) is 0 Å². The van der Waals surface area contributed by atoms with E-state index in [1.807, 2.05) is 26.0 Å². The number of ether oxygens (including phenoxy) is 3. The largest absolute Gasteiger partial charge is 0.483 e. The molecule has 4 heterocycles. The number of pyridine rings is 1. The number of carbonyl (C=O) groups excluding carboxylic acids is 1. The van der Waals surface area contributed by atoms with Crippen LogP contribution in [-0.4, -0.2) is 58.8 Å². The average molecular weight is 373 g/mol. The number of aryl methyl sites for hydroxylation is 1. The van der Waals surface area contributed by atoms with E-state index < -0.39 is 0 Å². The van der Waals surface area contributed by atoms with Crippen molar-refractivity contribution in [2.24, 2.45) is 0 Å². The molecule has 2 amide bonds. The second kappa shape index (κ2) is 7.53. The Labute approximate surface area is 156 Å². The molecular weight excluding hydrogens is 350 g/mol. The second-order valence-electron chi connectivity index (χ2n) is 6.82. The molecule has 27 heavy (non-hydrogen) atoms. The van der Waals surface area contributed by atoms with Crippen molar-refractivity contribution >= 4 is 6.03 Å². The van der Waals surface area contributed by atoms with Gasteiger partial charge in [-0.05, 0) is 26.0 Å². The monoisotopic (exact) mass is 373 g/mol. The quantitative estimate of drug-likeness (QED) is 0.724. The van der Waals surface area contributed by atoms with Gasteiger partial charge in [-0.1, -0.05) is 0 Å². The maximum Gasteiger partial charge on any atom is 0.315 e. The third-order valence-electron chi connectivity index (χ3n) is 4.93. The summed E-state index contributed by atoms with van der Waals surface area (Å²) >= 11 is 0. The van der Waals surface area contributed by atoms with E-state index in [-0.39, 0.29) is 36.4 Å². The summed E-state index contributed by atoms with van der Waals surface area (Å²) < 4.78 is 17.8. The zero-order valence-electron chi connectivity index (χ0n) is 15.2. The van der Waals surface area contributed by atoms with Crippen LogP contribution < -0.4 is 15.4 Å². The van der Waals surface area contributed by atoms with Crippen molar-refractivity contribution in [1.82, 2.24) is 25.8 Å². The molecule has 0 bridgehead atoms. The topological polar surface area (TPSA) is 110 Å². The first-order valence-electron chi connectivity index (χ1n) is 8.99. The van der Waals surface area contributed by atoms with Crippen LogP contribution in [0.4, 0.5) is 4.79 Å². The Balaban J connectivity index is 1.32. The second-order valence-corrected chi connectivity index (χ2v) is 6.82. The number of H-pyrrole nitrogens is 1. The molecule has 2 saturated heterocycles. The summed E-state index contributed by atoms with van der Waals surface area (Å²) in [5.41, 5.74) is 1.73. The maximum absolute atomic E-state index is 12.3. The average Bonchev–Trinajstić information content (AvgIpc) is 3.37. The van der Waals surface area contributed by atoms with Crippen molar-refractivity contribution in [1.29, 1.82) is 0 Å². The number of amides is 2. The highest BCUT2D eigenvalue weighted by atomic mass is 16.6. The number of nitrogens with one attached hydrogen (secondary N) is 3. The standard InChI is InChI=1S/C18H23N5O4/c1-10(12-6-20-21-7-12)22-18(24)23-13-8-25-17-15(9-26-16(13)17)27-14-4-3-5-19-11(14)2/h3-7,10,13,15-17H,8-9H2,1-2H3,(H,20,21)(H2,22,23,24)/t10?,13-,15-,16+,17+/m0/s1. The molecule has 144 valence electrons. The van der Waals surface area contributed by atoms with Crippen molar-refractivity contribution in [3.8, 4) is 5.75 Å². The molecule has 2 aliphatic rings. The fourth-order valence-electron chi connectivity index (χ4n) is 3.43. The molecule has 9 nitrogen and oxygen atoms in total. The van der Waals surface area contributed by atoms with Gasteiger partial charge in [0.1, 0.15) is 18.0 Å². The van der Waals surface area contributed by atoms with Crippen LogP contribution in [0.1, 0.15) is 24.2 Å². The fourth-order valence-corrected chi connectivity index (χ4v) is 3.43. The number of rotatable bonds is 5. The van der Waals surface area contributed by atoms with E-state index in [1.54, 1.807) is 18.6 Å². The minimum atomic E-state index is -0.269. The number of carbonyl (C=O) groups is 1. The molecular formula is C18H23N5O4. The van der Waals surface area contributed by atoms with Gasteiger partial charge in [0, 0.05) is 18.0 Å². The van der Waals surface area contributed by atoms with E-state index in [4.69, 9.17) is 14.2 Å². The summed E-state index contributed by atoms with van der Waals surface area (Å²) in [6.45, 7) is 4.59. The molecule has 0 aromatic carbocycles. The van der Waals surface area contributed by atoms with Crippen molar-refractivity contribution < 1.29 is 19.0 Å². The number of aromatic amines is 1. The molecule has 0 saturated carbocycles. The molecule has 0 aliphatic carbocycles. The van der Waals surface area contributed by atoms with Crippen molar-refractivity contribution in [3.05, 3.63) is 42.0 Å². The Morgan fingerprint density at radius 3 is 3.00 bits per heavy atom. The van der Waals surface area contributed by atoms with Crippen LogP contribution in [0.15, 0.2) is 30.7 Å². The molecule has 2 aromatic rings. The van der Waals surface area contributed by atoms with Crippen LogP contribution in [0, 0.1) is 6.92 Å². The molecule has 1 unspecified atom stereocenters. The predicted molar refractivity (Wildman–Crippen MR) is 95.3 cm³/mol. The van der Waals surface area contributed by atoms with Gasteiger partial charge in [-0.15, -0.1) is 0 Å². The van der Waals surface area contributed by atoms with Crippen LogP contribution in [0.25, 0.3) is 0 Å². The first-order chi connectivity index (χ1) is 13.1. The van der Waals surface area contributed by atoms with E-state index in [1.165, 1.54) is 0 Å². The van der Waals surface area contributed by atoms with Crippen molar-refractivity contribution in [2.75, 3.05) is 13.2 Å². The Kier molecular flexibility index (Phi) is 4.95. The van der Waals surface area contributed by atoms with E-state index in [2.05, 4.69) is 25.8 Å². The lowest BCUT2D eigenvalue weighted by molar-refractivity contribution is 0.0299. The molecule has 3 N–H and O–H groups in total. The van der Waals surface area contributed by atoms with E-state index in [0.717, 1.165) is 17.0 Å². The number of nitrogens with zero attached hydrogens (tertiary/aromatic N) is 2. The summed E-state index contributed by atoms with van der Waals surface area (Å²) in [7, 11) is 0. The summed E-state index contributed by atoms with van der Waals surface area (Å²) in [6, 6.07) is 3.06. The molecule has 0 spiro atoms. The zero-order chi connectivity index (χ0) is 18.8. The van der Waals surface area contributed by atoms with Crippen LogP contribution >= 0.6 is 0 Å². The lowest BCUT2D eigenvalue weighted by atomic mass is 10.1. The van der Waals surface area contributed by atoms with Crippen LogP contribution in [0.5, 0.6) is 5.75 Å². The number of fused-ring (bicyclic) bond motifs is 1.